The van der Waals surface area contributed by atoms with Crippen molar-refractivity contribution in [2.75, 3.05) is 11.1 Å². The van der Waals surface area contributed by atoms with E-state index in [1.807, 2.05) is 25.1 Å². The van der Waals surface area contributed by atoms with Crippen LogP contribution in [-0.4, -0.2) is 10.2 Å². The van der Waals surface area contributed by atoms with Crippen LogP contribution >= 0.6 is 11.6 Å². The van der Waals surface area contributed by atoms with E-state index in [2.05, 4.69) is 15.5 Å². The molecule has 0 amide bonds. The third kappa shape index (κ3) is 2.41. The Hall–Kier alpha value is -1.81. The van der Waals surface area contributed by atoms with Gasteiger partial charge in [0.2, 0.25) is 0 Å². The van der Waals surface area contributed by atoms with Crippen molar-refractivity contribution in [1.82, 2.24) is 10.2 Å². The number of aromatic nitrogens is 2. The second-order valence-electron chi connectivity index (χ2n) is 3.43. The van der Waals surface area contributed by atoms with E-state index in [0.29, 0.717) is 16.7 Å². The molecule has 2 rings (SSSR count). The number of nitrogens with zero attached hydrogens (tertiary/aromatic N) is 2. The van der Waals surface area contributed by atoms with Crippen molar-refractivity contribution < 1.29 is 0 Å². The Morgan fingerprint density at radius 3 is 2.69 bits per heavy atom. The molecule has 0 saturated carbocycles. The molecule has 1 heterocycles. The molecule has 0 aliphatic carbocycles. The SMILES string of the molecule is Cc1ccc(Cl)cc1Nc1ccc(N)nn1. The minimum Gasteiger partial charge on any atom is -0.382 e. The molecule has 2 aromatic rings. The molecule has 0 fully saturated rings. The van der Waals surface area contributed by atoms with E-state index in [-0.39, 0.29) is 0 Å². The Morgan fingerprint density at radius 2 is 2.00 bits per heavy atom. The van der Waals surface area contributed by atoms with E-state index >= 15 is 0 Å². The molecule has 4 nitrogen and oxygen atoms in total. The Bertz CT molecular complexity index is 496. The summed E-state index contributed by atoms with van der Waals surface area (Å²) in [5.41, 5.74) is 7.45. The summed E-state index contributed by atoms with van der Waals surface area (Å²) < 4.78 is 0. The summed E-state index contributed by atoms with van der Waals surface area (Å²) in [7, 11) is 0. The molecular formula is C11H11ClN4. The molecule has 0 bridgehead atoms. The molecule has 16 heavy (non-hydrogen) atoms. The normalized spacial score (nSPS) is 10.1. The lowest BCUT2D eigenvalue weighted by Crippen LogP contribution is -1.99. The molecule has 82 valence electrons. The zero-order valence-electron chi connectivity index (χ0n) is 8.74. The van der Waals surface area contributed by atoms with E-state index in [1.165, 1.54) is 0 Å². The predicted octanol–water partition coefficient (Wildman–Crippen LogP) is 2.76. The van der Waals surface area contributed by atoms with Crippen molar-refractivity contribution in [1.29, 1.82) is 0 Å². The molecular weight excluding hydrogens is 224 g/mol. The smallest absolute Gasteiger partial charge is 0.153 e. The van der Waals surface area contributed by atoms with Crippen molar-refractivity contribution in [2.45, 2.75) is 6.92 Å². The van der Waals surface area contributed by atoms with E-state index in [9.17, 15) is 0 Å². The Morgan fingerprint density at radius 1 is 1.19 bits per heavy atom. The number of benzene rings is 1. The van der Waals surface area contributed by atoms with Crippen LogP contribution in [0.15, 0.2) is 30.3 Å². The Labute approximate surface area is 98.5 Å². The van der Waals surface area contributed by atoms with Gasteiger partial charge in [0.1, 0.15) is 5.82 Å². The number of aryl methyl sites for hydroxylation is 1. The maximum Gasteiger partial charge on any atom is 0.153 e. The first kappa shape index (κ1) is 10.7. The molecule has 0 atom stereocenters. The highest BCUT2D eigenvalue weighted by atomic mass is 35.5. The van der Waals surface area contributed by atoms with Crippen LogP contribution in [0.25, 0.3) is 0 Å². The molecule has 5 heteroatoms. The van der Waals surface area contributed by atoms with Gasteiger partial charge in [-0.1, -0.05) is 17.7 Å². The Kier molecular flexibility index (Phi) is 2.92. The molecule has 0 spiro atoms. The lowest BCUT2D eigenvalue weighted by Gasteiger charge is -2.08. The van der Waals surface area contributed by atoms with E-state index in [4.69, 9.17) is 17.3 Å². The first-order valence-electron chi connectivity index (χ1n) is 4.77. The summed E-state index contributed by atoms with van der Waals surface area (Å²) in [6.45, 7) is 1.99. The maximum absolute atomic E-state index is 5.91. The number of hydrogen-bond acceptors (Lipinski definition) is 4. The summed E-state index contributed by atoms with van der Waals surface area (Å²) in [5, 5.41) is 11.5. The topological polar surface area (TPSA) is 63.8 Å². The van der Waals surface area contributed by atoms with Gasteiger partial charge >= 0.3 is 0 Å². The number of anilines is 3. The minimum atomic E-state index is 0.397. The lowest BCUT2D eigenvalue weighted by molar-refractivity contribution is 1.05. The van der Waals surface area contributed by atoms with Gasteiger partial charge in [-0.25, -0.2) is 0 Å². The molecule has 1 aromatic carbocycles. The first-order valence-corrected chi connectivity index (χ1v) is 5.15. The molecule has 0 saturated heterocycles. The van der Waals surface area contributed by atoms with Gasteiger partial charge in [0.25, 0.3) is 0 Å². The van der Waals surface area contributed by atoms with Crippen LogP contribution in [0, 0.1) is 6.92 Å². The van der Waals surface area contributed by atoms with Crippen LogP contribution in [0.1, 0.15) is 5.56 Å². The number of nitrogens with two attached hydrogens (primary N) is 1. The third-order valence-electron chi connectivity index (χ3n) is 2.15. The zero-order valence-corrected chi connectivity index (χ0v) is 9.49. The van der Waals surface area contributed by atoms with Crippen LogP contribution in [-0.2, 0) is 0 Å². The first-order chi connectivity index (χ1) is 7.65. The number of nitrogens with one attached hydrogen (secondary N) is 1. The van der Waals surface area contributed by atoms with Crippen molar-refractivity contribution in [3.8, 4) is 0 Å². The van der Waals surface area contributed by atoms with Gasteiger partial charge in [-0.2, -0.15) is 0 Å². The predicted molar refractivity (Wildman–Crippen MR) is 65.9 cm³/mol. The second-order valence-corrected chi connectivity index (χ2v) is 3.86. The number of hydrogen-bond donors (Lipinski definition) is 2. The number of rotatable bonds is 2. The van der Waals surface area contributed by atoms with Crippen molar-refractivity contribution in [3.63, 3.8) is 0 Å². The molecule has 3 N–H and O–H groups in total. The second kappa shape index (κ2) is 4.37. The highest BCUT2D eigenvalue weighted by Crippen LogP contribution is 2.22. The zero-order chi connectivity index (χ0) is 11.5. The van der Waals surface area contributed by atoms with Crippen molar-refractivity contribution in [2.24, 2.45) is 0 Å². The minimum absolute atomic E-state index is 0.397. The van der Waals surface area contributed by atoms with E-state index < -0.39 is 0 Å². The molecule has 1 aromatic heterocycles. The highest BCUT2D eigenvalue weighted by molar-refractivity contribution is 6.30. The molecule has 0 aliphatic heterocycles. The van der Waals surface area contributed by atoms with Crippen molar-refractivity contribution in [3.05, 3.63) is 40.9 Å². The van der Waals surface area contributed by atoms with Gasteiger partial charge in [-0.05, 0) is 36.8 Å². The average molecular weight is 235 g/mol. The van der Waals surface area contributed by atoms with Crippen molar-refractivity contribution >= 4 is 28.9 Å². The fourth-order valence-corrected chi connectivity index (χ4v) is 1.45. The highest BCUT2D eigenvalue weighted by Gasteiger charge is 2.01. The van der Waals surface area contributed by atoms with Gasteiger partial charge in [-0.3, -0.25) is 0 Å². The van der Waals surface area contributed by atoms with Gasteiger partial charge in [0.05, 0.1) is 0 Å². The Balaban J connectivity index is 2.26. The van der Waals surface area contributed by atoms with Gasteiger partial charge in [-0.15, -0.1) is 10.2 Å². The third-order valence-corrected chi connectivity index (χ3v) is 2.38. The van der Waals surface area contributed by atoms with Crippen LogP contribution in [0.3, 0.4) is 0 Å². The summed E-state index contributed by atoms with van der Waals surface area (Å²) >= 11 is 5.91. The van der Waals surface area contributed by atoms with Crippen LogP contribution in [0.4, 0.5) is 17.3 Å². The van der Waals surface area contributed by atoms with E-state index in [1.54, 1.807) is 12.1 Å². The standard InChI is InChI=1S/C11H11ClN4/c1-7-2-3-8(12)6-9(7)14-11-5-4-10(13)15-16-11/h2-6H,1H3,(H2,13,15)(H,14,16). The van der Waals surface area contributed by atoms with Gasteiger partial charge in [0.15, 0.2) is 5.82 Å². The summed E-state index contributed by atoms with van der Waals surface area (Å²) in [6, 6.07) is 9.08. The largest absolute Gasteiger partial charge is 0.382 e. The fraction of sp³-hybridized carbons (Fsp3) is 0.0909. The maximum atomic E-state index is 5.91. The average Bonchev–Trinajstić information content (AvgIpc) is 2.27. The summed E-state index contributed by atoms with van der Waals surface area (Å²) in [4.78, 5) is 0. The number of halogens is 1. The molecule has 0 radical (unpaired) electrons. The van der Waals surface area contributed by atoms with E-state index in [0.717, 1.165) is 11.3 Å². The van der Waals surface area contributed by atoms with Gasteiger partial charge in [0, 0.05) is 10.7 Å². The van der Waals surface area contributed by atoms with Gasteiger partial charge < -0.3 is 11.1 Å². The molecule has 0 aliphatic rings. The lowest BCUT2D eigenvalue weighted by atomic mass is 10.2. The fourth-order valence-electron chi connectivity index (χ4n) is 1.28. The quantitative estimate of drug-likeness (QED) is 0.839. The number of nitrogen functional groups attached to an aromatic ring is 1. The molecule has 0 unspecified atom stereocenters. The summed E-state index contributed by atoms with van der Waals surface area (Å²) in [6.07, 6.45) is 0. The van der Waals surface area contributed by atoms with Crippen LogP contribution in [0.5, 0.6) is 0 Å². The monoisotopic (exact) mass is 234 g/mol. The van der Waals surface area contributed by atoms with Crippen LogP contribution in [0.2, 0.25) is 5.02 Å². The summed E-state index contributed by atoms with van der Waals surface area (Å²) in [5.74, 6) is 1.04. The van der Waals surface area contributed by atoms with Crippen LogP contribution < -0.4 is 11.1 Å².